The van der Waals surface area contributed by atoms with E-state index in [4.69, 9.17) is 0 Å². The monoisotopic (exact) mass is 438 g/mol. The fourth-order valence-electron chi connectivity index (χ4n) is 4.33. The van der Waals surface area contributed by atoms with E-state index in [9.17, 15) is 10.2 Å². The summed E-state index contributed by atoms with van der Waals surface area (Å²) >= 11 is 3.26. The topological polar surface area (TPSA) is 46.9 Å². The Morgan fingerprint density at radius 1 is 0.800 bits per heavy atom. The molecule has 2 heterocycles. The van der Waals surface area contributed by atoms with Gasteiger partial charge in [0.15, 0.2) is 0 Å². The summed E-state index contributed by atoms with van der Waals surface area (Å²) in [4.78, 5) is 1.92. The van der Waals surface area contributed by atoms with Crippen LogP contribution in [0.1, 0.15) is 37.8 Å². The van der Waals surface area contributed by atoms with Crippen LogP contribution in [0, 0.1) is 11.8 Å². The molecule has 2 N–H and O–H groups in total. The molecule has 3 aliphatic rings. The number of allylic oxidation sites excluding steroid dienone is 2. The van der Waals surface area contributed by atoms with Crippen molar-refractivity contribution >= 4 is 46.8 Å². The summed E-state index contributed by atoms with van der Waals surface area (Å²) in [7, 11) is 0. The van der Waals surface area contributed by atoms with Crippen molar-refractivity contribution in [3.63, 3.8) is 0 Å². The highest BCUT2D eigenvalue weighted by Gasteiger charge is 2.44. The zero-order chi connectivity index (χ0) is 20.8. The Morgan fingerprint density at radius 3 is 1.63 bits per heavy atom. The summed E-state index contributed by atoms with van der Waals surface area (Å²) in [5.74, 6) is 1.18. The van der Waals surface area contributed by atoms with E-state index in [1.54, 1.807) is 23.9 Å². The maximum atomic E-state index is 11.3. The normalized spacial score (nSPS) is 18.8. The number of aliphatic hydroxyl groups is 2. The summed E-state index contributed by atoms with van der Waals surface area (Å²) < 4.78 is 4.49. The second kappa shape index (κ2) is 7.82. The molecule has 2 aromatic carbocycles. The summed E-state index contributed by atoms with van der Waals surface area (Å²) in [5, 5.41) is 22.6. The number of nitrogens with zero attached hydrogens (tertiary/aromatic N) is 2. The predicted molar refractivity (Wildman–Crippen MR) is 129 cm³/mol. The lowest BCUT2D eigenvalue weighted by atomic mass is 9.96. The lowest BCUT2D eigenvalue weighted by Gasteiger charge is -2.37. The van der Waals surface area contributed by atoms with Gasteiger partial charge in [0.25, 0.3) is 0 Å². The maximum absolute atomic E-state index is 11.3. The first-order valence-electron chi connectivity index (χ1n) is 10.6. The zero-order valence-electron chi connectivity index (χ0n) is 17.2. The molecule has 156 valence electrons. The van der Waals surface area contributed by atoms with Gasteiger partial charge in [-0.3, -0.25) is 0 Å². The fourth-order valence-corrected chi connectivity index (χ4v) is 6.89. The molecule has 30 heavy (non-hydrogen) atoms. The van der Waals surface area contributed by atoms with Crippen LogP contribution in [-0.2, 0) is 0 Å². The van der Waals surface area contributed by atoms with Crippen molar-refractivity contribution in [2.24, 2.45) is 11.8 Å². The zero-order valence-corrected chi connectivity index (χ0v) is 18.8. The molecule has 0 aromatic heterocycles. The lowest BCUT2D eigenvalue weighted by Crippen LogP contribution is -2.26. The Bertz CT molecular complexity index is 968. The van der Waals surface area contributed by atoms with Crippen LogP contribution in [0.3, 0.4) is 0 Å². The Labute approximate surface area is 186 Å². The molecule has 0 radical (unpaired) electrons. The predicted octanol–water partition coefficient (Wildman–Crippen LogP) is 6.84. The molecule has 0 spiro atoms. The van der Waals surface area contributed by atoms with Crippen LogP contribution in [-0.4, -0.2) is 23.3 Å². The number of hydrogen-bond donors (Lipinski definition) is 2. The van der Waals surface area contributed by atoms with Gasteiger partial charge in [-0.15, -0.1) is 0 Å². The first kappa shape index (κ1) is 19.8. The number of para-hydroxylation sites is 2. The van der Waals surface area contributed by atoms with Crippen LogP contribution in [0.4, 0.5) is 11.4 Å². The van der Waals surface area contributed by atoms with Crippen LogP contribution in [0.25, 0.3) is 11.5 Å². The molecular weight excluding hydrogens is 412 g/mol. The Hall–Kier alpha value is -2.18. The minimum atomic E-state index is 0.00446. The molecule has 0 unspecified atom stereocenters. The van der Waals surface area contributed by atoms with Crippen molar-refractivity contribution in [3.8, 4) is 0 Å². The van der Waals surface area contributed by atoms with Crippen molar-refractivity contribution in [2.45, 2.75) is 26.7 Å². The maximum Gasteiger partial charge on any atom is 0.136 e. The fraction of sp³-hybridized carbons (Fsp3) is 0.333. The molecular formula is C24H26N2O2S2. The molecule has 0 amide bonds. The molecule has 5 rings (SSSR count). The summed E-state index contributed by atoms with van der Waals surface area (Å²) in [6, 6.07) is 16.1. The van der Waals surface area contributed by atoms with Gasteiger partial charge in [0.1, 0.15) is 11.5 Å². The van der Waals surface area contributed by atoms with Gasteiger partial charge in [-0.25, -0.2) is 0 Å². The number of fused-ring (bicyclic) bond motifs is 2. The van der Waals surface area contributed by atoms with E-state index >= 15 is 0 Å². The van der Waals surface area contributed by atoms with Gasteiger partial charge in [0.2, 0.25) is 0 Å². The Morgan fingerprint density at radius 2 is 1.23 bits per heavy atom. The molecule has 0 saturated heterocycles. The summed E-state index contributed by atoms with van der Waals surface area (Å²) in [6.45, 7) is 5.96. The van der Waals surface area contributed by atoms with Gasteiger partial charge >= 0.3 is 0 Å². The van der Waals surface area contributed by atoms with Gasteiger partial charge in [-0.1, -0.05) is 24.3 Å². The Balaban J connectivity index is 1.66. The smallest absolute Gasteiger partial charge is 0.136 e. The molecule has 1 fully saturated rings. The van der Waals surface area contributed by atoms with Gasteiger partial charge in [0, 0.05) is 30.1 Å². The standard InChI is InChI=1S/C24H26N2O2S2/c1-3-25-18-11-7-5-9-16(18)21(27)23(29-25)20(15-13-14-15)24-22(28)17-10-6-8-12-19(17)26(4-2)30-24/h5-12,15,20,27-28H,3-4,13-14H2,1-2H3. The van der Waals surface area contributed by atoms with Crippen molar-refractivity contribution < 1.29 is 10.2 Å². The number of rotatable bonds is 5. The van der Waals surface area contributed by atoms with Crippen molar-refractivity contribution in [1.29, 1.82) is 0 Å². The molecule has 1 saturated carbocycles. The van der Waals surface area contributed by atoms with Crippen LogP contribution in [0.5, 0.6) is 0 Å². The Kier molecular flexibility index (Phi) is 5.15. The van der Waals surface area contributed by atoms with Gasteiger partial charge in [-0.05, 0) is 80.8 Å². The van der Waals surface area contributed by atoms with E-state index < -0.39 is 0 Å². The molecule has 0 bridgehead atoms. The van der Waals surface area contributed by atoms with E-state index in [0.717, 1.165) is 58.2 Å². The highest BCUT2D eigenvalue weighted by Crippen LogP contribution is 2.58. The van der Waals surface area contributed by atoms with Gasteiger partial charge in [0.05, 0.1) is 21.2 Å². The van der Waals surface area contributed by atoms with Crippen LogP contribution in [0.15, 0.2) is 58.3 Å². The lowest BCUT2D eigenvalue weighted by molar-refractivity contribution is 0.488. The van der Waals surface area contributed by atoms with Crippen molar-refractivity contribution in [3.05, 3.63) is 69.5 Å². The molecule has 6 heteroatoms. The van der Waals surface area contributed by atoms with E-state index in [-0.39, 0.29) is 5.92 Å². The molecule has 1 aliphatic carbocycles. The highest BCUT2D eigenvalue weighted by molar-refractivity contribution is 8.05. The van der Waals surface area contributed by atoms with E-state index in [2.05, 4.69) is 34.6 Å². The third-order valence-corrected chi connectivity index (χ3v) is 8.61. The van der Waals surface area contributed by atoms with E-state index in [1.165, 1.54) is 0 Å². The third kappa shape index (κ3) is 3.17. The largest absolute Gasteiger partial charge is 0.506 e. The molecule has 2 aromatic rings. The second-order valence-corrected chi connectivity index (χ2v) is 9.97. The quantitative estimate of drug-likeness (QED) is 0.498. The number of aliphatic hydroxyl groups excluding tert-OH is 2. The van der Waals surface area contributed by atoms with Crippen LogP contribution >= 0.6 is 23.9 Å². The first-order valence-corrected chi connectivity index (χ1v) is 12.1. The SMILES string of the molecule is CCN1SC(C(C2=C(O)c3ccccc3N(CC)S2)C2CC2)=C(O)c2ccccc21. The molecule has 0 atom stereocenters. The average molecular weight is 439 g/mol. The van der Waals surface area contributed by atoms with Crippen LogP contribution < -0.4 is 8.61 Å². The number of anilines is 2. The minimum absolute atomic E-state index is 0.00446. The van der Waals surface area contributed by atoms with E-state index in [0.29, 0.717) is 17.4 Å². The third-order valence-electron chi connectivity index (χ3n) is 5.97. The first-order chi connectivity index (χ1) is 14.6. The van der Waals surface area contributed by atoms with Gasteiger partial charge < -0.3 is 18.8 Å². The van der Waals surface area contributed by atoms with Crippen molar-refractivity contribution in [2.75, 3.05) is 21.7 Å². The van der Waals surface area contributed by atoms with Crippen molar-refractivity contribution in [1.82, 2.24) is 0 Å². The van der Waals surface area contributed by atoms with E-state index in [1.807, 2.05) is 36.4 Å². The average Bonchev–Trinajstić information content (AvgIpc) is 3.62. The molecule has 4 nitrogen and oxygen atoms in total. The highest BCUT2D eigenvalue weighted by atomic mass is 32.2. The summed E-state index contributed by atoms with van der Waals surface area (Å²) in [6.07, 6.45) is 2.25. The second-order valence-electron chi connectivity index (χ2n) is 7.85. The minimum Gasteiger partial charge on any atom is -0.506 e. The number of hydrogen-bond acceptors (Lipinski definition) is 6. The number of benzene rings is 2. The van der Waals surface area contributed by atoms with Gasteiger partial charge in [-0.2, -0.15) is 0 Å². The summed E-state index contributed by atoms with van der Waals surface area (Å²) in [5.41, 5.74) is 3.87. The van der Waals surface area contributed by atoms with Crippen LogP contribution in [0.2, 0.25) is 0 Å². The molecule has 2 aliphatic heterocycles.